The minimum Gasteiger partial charge on any atom is -0.381 e. The van der Waals surface area contributed by atoms with Gasteiger partial charge in [-0.2, -0.15) is 0 Å². The Balaban J connectivity index is 1.61. The molecule has 2 aliphatic rings. The quantitative estimate of drug-likeness (QED) is 0.536. The van der Waals surface area contributed by atoms with Gasteiger partial charge in [-0.05, 0) is 49.4 Å². The average Bonchev–Trinajstić information content (AvgIpc) is 3.23. The fourth-order valence-electron chi connectivity index (χ4n) is 4.82. The third-order valence-electron chi connectivity index (χ3n) is 6.94. The van der Waals surface area contributed by atoms with Gasteiger partial charge in [-0.1, -0.05) is 32.4 Å². The van der Waals surface area contributed by atoms with E-state index >= 15 is 0 Å². The van der Waals surface area contributed by atoms with E-state index in [1.54, 1.807) is 23.2 Å². The molecule has 2 aliphatic heterocycles. The lowest BCUT2D eigenvalue weighted by Crippen LogP contribution is -2.52. The first-order chi connectivity index (χ1) is 16.7. The molecule has 0 saturated carbocycles. The second kappa shape index (κ2) is 10.6. The number of pyridine rings is 1. The maximum absolute atomic E-state index is 14.8. The van der Waals surface area contributed by atoms with Crippen LogP contribution in [0.25, 0.3) is 0 Å². The number of nitrogens with zero attached hydrogens (tertiary/aromatic N) is 2. The summed E-state index contributed by atoms with van der Waals surface area (Å²) in [4.78, 5) is 33.1. The molecule has 0 radical (unpaired) electrons. The lowest BCUT2D eigenvalue weighted by atomic mass is 9.90. The first-order valence-electron chi connectivity index (χ1n) is 12.0. The molecule has 0 bridgehead atoms. The van der Waals surface area contributed by atoms with Crippen LogP contribution in [0.3, 0.4) is 0 Å². The minimum atomic E-state index is -0.797. The van der Waals surface area contributed by atoms with Crippen molar-refractivity contribution < 1.29 is 23.1 Å². The SMILES string of the molecule is CC[C@@H]1CC[C@H](C(=O)NC(c2cc(F)c(Cl)cc2F)C2COC2)N1C(=O)c1ccnc(C(C)C)c1. The third-order valence-corrected chi connectivity index (χ3v) is 7.23. The molecular weight excluding hydrogens is 476 g/mol. The summed E-state index contributed by atoms with van der Waals surface area (Å²) in [7, 11) is 0. The van der Waals surface area contributed by atoms with Crippen molar-refractivity contribution in [2.75, 3.05) is 13.2 Å². The van der Waals surface area contributed by atoms with Gasteiger partial charge in [-0.25, -0.2) is 8.78 Å². The largest absolute Gasteiger partial charge is 0.381 e. The maximum Gasteiger partial charge on any atom is 0.254 e. The monoisotopic (exact) mass is 505 g/mol. The van der Waals surface area contributed by atoms with E-state index in [4.69, 9.17) is 16.3 Å². The molecule has 1 N–H and O–H groups in total. The molecule has 35 heavy (non-hydrogen) atoms. The van der Waals surface area contributed by atoms with Gasteiger partial charge in [0, 0.05) is 35.0 Å². The van der Waals surface area contributed by atoms with Gasteiger partial charge in [0.2, 0.25) is 5.91 Å². The normalized spacial score (nSPS) is 21.2. The zero-order chi connectivity index (χ0) is 25.3. The number of hydrogen-bond donors (Lipinski definition) is 1. The van der Waals surface area contributed by atoms with Crippen LogP contribution in [0.5, 0.6) is 0 Å². The molecule has 2 fully saturated rings. The molecule has 1 unspecified atom stereocenters. The van der Waals surface area contributed by atoms with Gasteiger partial charge >= 0.3 is 0 Å². The number of benzene rings is 1. The van der Waals surface area contributed by atoms with Gasteiger partial charge in [0.05, 0.1) is 24.3 Å². The van der Waals surface area contributed by atoms with E-state index < -0.39 is 23.7 Å². The lowest BCUT2D eigenvalue weighted by Gasteiger charge is -2.36. The number of rotatable bonds is 7. The topological polar surface area (TPSA) is 71.5 Å². The van der Waals surface area contributed by atoms with Crippen molar-refractivity contribution in [1.82, 2.24) is 15.2 Å². The number of carbonyl (C=O) groups is 2. The summed E-state index contributed by atoms with van der Waals surface area (Å²) in [6.07, 6.45) is 3.49. The van der Waals surface area contributed by atoms with Crippen molar-refractivity contribution in [1.29, 1.82) is 0 Å². The standard InChI is InChI=1S/C26H30ClF2N3O3/c1-4-17-5-6-23(32(17)26(34)15-7-8-30-22(9-15)14(2)3)25(33)31-24(16-12-35-13-16)18-10-21(29)19(27)11-20(18)28/h7-11,14,16-17,23-24H,4-6,12-13H2,1-3H3,(H,31,33)/t17-,23-,24?/m1/s1. The van der Waals surface area contributed by atoms with Gasteiger partial charge in [0.1, 0.15) is 17.7 Å². The molecule has 6 nitrogen and oxygen atoms in total. The summed E-state index contributed by atoms with van der Waals surface area (Å²) in [5.74, 6) is -2.13. The molecule has 188 valence electrons. The van der Waals surface area contributed by atoms with E-state index in [9.17, 15) is 18.4 Å². The Labute approximate surface area is 209 Å². The number of amides is 2. The Bertz CT molecular complexity index is 1110. The Morgan fingerprint density at radius 1 is 1.20 bits per heavy atom. The summed E-state index contributed by atoms with van der Waals surface area (Å²) < 4.78 is 34.2. The predicted octanol–water partition coefficient (Wildman–Crippen LogP) is 5.02. The summed E-state index contributed by atoms with van der Waals surface area (Å²) in [6, 6.07) is 3.77. The van der Waals surface area contributed by atoms with E-state index in [1.807, 2.05) is 20.8 Å². The number of likely N-dealkylation sites (tertiary alicyclic amines) is 1. The summed E-state index contributed by atoms with van der Waals surface area (Å²) in [5, 5.41) is 2.58. The zero-order valence-corrected chi connectivity index (χ0v) is 20.8. The second-order valence-electron chi connectivity index (χ2n) is 9.56. The van der Waals surface area contributed by atoms with E-state index in [2.05, 4.69) is 10.3 Å². The average molecular weight is 506 g/mol. The van der Waals surface area contributed by atoms with E-state index in [0.717, 1.165) is 17.8 Å². The van der Waals surface area contributed by atoms with Crippen LogP contribution in [0.4, 0.5) is 8.78 Å². The molecule has 1 aromatic carbocycles. The molecule has 2 saturated heterocycles. The number of ether oxygens (including phenoxy) is 1. The number of carbonyl (C=O) groups excluding carboxylic acids is 2. The molecule has 0 spiro atoms. The van der Waals surface area contributed by atoms with Crippen molar-refractivity contribution in [2.45, 2.75) is 64.1 Å². The highest BCUT2D eigenvalue weighted by Gasteiger charge is 2.42. The van der Waals surface area contributed by atoms with Crippen molar-refractivity contribution in [2.24, 2.45) is 5.92 Å². The molecular formula is C26H30ClF2N3O3. The first-order valence-corrected chi connectivity index (χ1v) is 12.4. The van der Waals surface area contributed by atoms with Gasteiger partial charge in [-0.3, -0.25) is 14.6 Å². The van der Waals surface area contributed by atoms with Crippen molar-refractivity contribution in [3.05, 3.63) is 63.9 Å². The number of hydrogen-bond acceptors (Lipinski definition) is 4. The highest BCUT2D eigenvalue weighted by molar-refractivity contribution is 6.30. The molecule has 3 heterocycles. The summed E-state index contributed by atoms with van der Waals surface area (Å²) in [5.41, 5.74) is 1.30. The van der Waals surface area contributed by atoms with Crippen LogP contribution in [0, 0.1) is 17.6 Å². The van der Waals surface area contributed by atoms with Gasteiger partial charge in [0.15, 0.2) is 0 Å². The van der Waals surface area contributed by atoms with Crippen LogP contribution in [0.2, 0.25) is 5.02 Å². The molecule has 2 aromatic rings. The van der Waals surface area contributed by atoms with Crippen molar-refractivity contribution in [3.8, 4) is 0 Å². The first kappa shape index (κ1) is 25.5. The Morgan fingerprint density at radius 3 is 2.57 bits per heavy atom. The number of aromatic nitrogens is 1. The molecule has 0 aliphatic carbocycles. The third kappa shape index (κ3) is 5.19. The Morgan fingerprint density at radius 2 is 1.94 bits per heavy atom. The molecule has 1 aromatic heterocycles. The van der Waals surface area contributed by atoms with E-state index in [0.29, 0.717) is 38.0 Å². The molecule has 4 rings (SSSR count). The lowest BCUT2D eigenvalue weighted by molar-refractivity contribution is -0.128. The van der Waals surface area contributed by atoms with Crippen molar-refractivity contribution >= 4 is 23.4 Å². The van der Waals surface area contributed by atoms with Crippen molar-refractivity contribution in [3.63, 3.8) is 0 Å². The Kier molecular flexibility index (Phi) is 7.71. The summed E-state index contributed by atoms with van der Waals surface area (Å²) in [6.45, 7) is 6.61. The Hall–Kier alpha value is -2.58. The highest BCUT2D eigenvalue weighted by Crippen LogP contribution is 2.34. The smallest absolute Gasteiger partial charge is 0.254 e. The predicted molar refractivity (Wildman–Crippen MR) is 128 cm³/mol. The van der Waals surface area contributed by atoms with Gasteiger partial charge in [-0.15, -0.1) is 0 Å². The van der Waals surface area contributed by atoms with Crippen LogP contribution in [0.1, 0.15) is 73.6 Å². The van der Waals surface area contributed by atoms with Crippen LogP contribution < -0.4 is 5.32 Å². The minimum absolute atomic E-state index is 0.0205. The molecule has 2 amide bonds. The van der Waals surface area contributed by atoms with Crippen LogP contribution in [-0.2, 0) is 9.53 Å². The van der Waals surface area contributed by atoms with Gasteiger partial charge < -0.3 is 15.0 Å². The van der Waals surface area contributed by atoms with Gasteiger partial charge in [0.25, 0.3) is 5.91 Å². The number of halogens is 3. The fraction of sp³-hybridized carbons (Fsp3) is 0.500. The van der Waals surface area contributed by atoms with Crippen LogP contribution in [-0.4, -0.2) is 47.0 Å². The highest BCUT2D eigenvalue weighted by atomic mass is 35.5. The van der Waals surface area contributed by atoms with Crippen LogP contribution in [0.15, 0.2) is 30.5 Å². The van der Waals surface area contributed by atoms with E-state index in [1.165, 1.54) is 0 Å². The summed E-state index contributed by atoms with van der Waals surface area (Å²) >= 11 is 5.73. The molecule has 9 heteroatoms. The van der Waals surface area contributed by atoms with E-state index in [-0.39, 0.29) is 40.3 Å². The van der Waals surface area contributed by atoms with Crippen LogP contribution >= 0.6 is 11.6 Å². The fourth-order valence-corrected chi connectivity index (χ4v) is 4.97. The molecule has 3 atom stereocenters. The second-order valence-corrected chi connectivity index (χ2v) is 9.97. The number of nitrogens with one attached hydrogen (secondary N) is 1. The zero-order valence-electron chi connectivity index (χ0n) is 20.1. The maximum atomic E-state index is 14.8.